The van der Waals surface area contributed by atoms with E-state index in [1.54, 1.807) is 13.2 Å². The third kappa shape index (κ3) is 1.27. The van der Waals surface area contributed by atoms with E-state index in [0.29, 0.717) is 16.0 Å². The molecule has 0 fully saturated rings. The molecule has 1 heterocycles. The van der Waals surface area contributed by atoms with Gasteiger partial charge in [0.1, 0.15) is 17.1 Å². The van der Waals surface area contributed by atoms with Crippen LogP contribution in [-0.2, 0) is 0 Å². The summed E-state index contributed by atoms with van der Waals surface area (Å²) < 4.78 is 18.9. The zero-order chi connectivity index (χ0) is 9.42. The van der Waals surface area contributed by atoms with Crippen LogP contribution in [0.25, 0.3) is 10.2 Å². The van der Waals surface area contributed by atoms with Gasteiger partial charge < -0.3 is 4.74 Å². The van der Waals surface area contributed by atoms with Crippen molar-refractivity contribution in [2.75, 3.05) is 7.11 Å². The molecule has 0 N–H and O–H groups in total. The molecule has 0 saturated heterocycles. The number of hydrogen-bond donors (Lipinski definition) is 0. The van der Waals surface area contributed by atoms with E-state index in [0.717, 1.165) is 5.01 Å². The fraction of sp³-hybridized carbons (Fsp3) is 0.222. The molecule has 2 aromatic rings. The molecule has 0 unspecified atom stereocenters. The van der Waals surface area contributed by atoms with Crippen LogP contribution in [0.3, 0.4) is 0 Å². The summed E-state index contributed by atoms with van der Waals surface area (Å²) in [6.45, 7) is 1.85. The summed E-state index contributed by atoms with van der Waals surface area (Å²) in [5.74, 6) is 0.391. The van der Waals surface area contributed by atoms with Crippen molar-refractivity contribution in [1.29, 1.82) is 0 Å². The van der Waals surface area contributed by atoms with Crippen molar-refractivity contribution in [2.24, 2.45) is 0 Å². The van der Waals surface area contributed by atoms with Gasteiger partial charge in [-0.25, -0.2) is 9.37 Å². The maximum Gasteiger partial charge on any atom is 0.146 e. The Labute approximate surface area is 79.0 Å². The molecule has 0 bridgehead atoms. The SMILES string of the molecule is COc1ccc(F)c2sc(C)nc12. The Morgan fingerprint density at radius 1 is 1.46 bits per heavy atom. The van der Waals surface area contributed by atoms with Gasteiger partial charge in [0.25, 0.3) is 0 Å². The summed E-state index contributed by atoms with van der Waals surface area (Å²) in [6.07, 6.45) is 0. The van der Waals surface area contributed by atoms with Gasteiger partial charge in [-0.2, -0.15) is 0 Å². The summed E-state index contributed by atoms with van der Waals surface area (Å²) in [4.78, 5) is 4.20. The van der Waals surface area contributed by atoms with Gasteiger partial charge in [0.05, 0.1) is 16.8 Å². The first kappa shape index (κ1) is 8.44. The number of hydrogen-bond acceptors (Lipinski definition) is 3. The van der Waals surface area contributed by atoms with E-state index < -0.39 is 0 Å². The maximum atomic E-state index is 13.2. The molecule has 0 saturated carbocycles. The van der Waals surface area contributed by atoms with Crippen molar-refractivity contribution in [3.05, 3.63) is 23.0 Å². The topological polar surface area (TPSA) is 22.1 Å². The van der Waals surface area contributed by atoms with E-state index in [4.69, 9.17) is 4.74 Å². The minimum Gasteiger partial charge on any atom is -0.494 e. The van der Waals surface area contributed by atoms with Gasteiger partial charge in [0, 0.05) is 0 Å². The lowest BCUT2D eigenvalue weighted by atomic mass is 10.3. The number of aryl methyl sites for hydroxylation is 1. The van der Waals surface area contributed by atoms with E-state index in [1.165, 1.54) is 17.4 Å². The standard InChI is InChI=1S/C9H8FNOS/c1-5-11-8-7(12-2)4-3-6(10)9(8)13-5/h3-4H,1-2H3. The molecule has 0 aliphatic carbocycles. The molecule has 1 aromatic carbocycles. The van der Waals surface area contributed by atoms with Crippen LogP contribution in [0.15, 0.2) is 12.1 Å². The number of nitrogens with zero attached hydrogens (tertiary/aromatic N) is 1. The van der Waals surface area contributed by atoms with Crippen LogP contribution >= 0.6 is 11.3 Å². The maximum absolute atomic E-state index is 13.2. The number of aromatic nitrogens is 1. The predicted molar refractivity (Wildman–Crippen MR) is 50.9 cm³/mol. The monoisotopic (exact) mass is 197 g/mol. The molecule has 0 aliphatic rings. The largest absolute Gasteiger partial charge is 0.494 e. The lowest BCUT2D eigenvalue weighted by Crippen LogP contribution is -1.85. The zero-order valence-electron chi connectivity index (χ0n) is 7.30. The van der Waals surface area contributed by atoms with Gasteiger partial charge in [-0.15, -0.1) is 11.3 Å². The Bertz CT molecular complexity index is 452. The molecule has 0 amide bonds. The minimum atomic E-state index is -0.235. The van der Waals surface area contributed by atoms with Crippen molar-refractivity contribution in [1.82, 2.24) is 4.98 Å². The highest BCUT2D eigenvalue weighted by Gasteiger charge is 2.10. The van der Waals surface area contributed by atoms with Crippen molar-refractivity contribution in [3.8, 4) is 5.75 Å². The summed E-state index contributed by atoms with van der Waals surface area (Å²) in [5.41, 5.74) is 0.616. The number of thiazole rings is 1. The van der Waals surface area contributed by atoms with Crippen LogP contribution in [0.4, 0.5) is 4.39 Å². The lowest BCUT2D eigenvalue weighted by Gasteiger charge is -1.99. The van der Waals surface area contributed by atoms with Gasteiger partial charge in [0.2, 0.25) is 0 Å². The van der Waals surface area contributed by atoms with Crippen LogP contribution in [0.5, 0.6) is 5.75 Å². The third-order valence-corrected chi connectivity index (χ3v) is 2.76. The number of fused-ring (bicyclic) bond motifs is 1. The summed E-state index contributed by atoms with van der Waals surface area (Å²) in [7, 11) is 1.56. The summed E-state index contributed by atoms with van der Waals surface area (Å²) in [5, 5.41) is 0.846. The van der Waals surface area contributed by atoms with Crippen molar-refractivity contribution in [2.45, 2.75) is 6.92 Å². The Balaban J connectivity index is 2.83. The minimum absolute atomic E-state index is 0.235. The third-order valence-electron chi connectivity index (χ3n) is 1.79. The van der Waals surface area contributed by atoms with Gasteiger partial charge >= 0.3 is 0 Å². The van der Waals surface area contributed by atoms with E-state index in [1.807, 2.05) is 6.92 Å². The molecule has 1 aromatic heterocycles. The quantitative estimate of drug-likeness (QED) is 0.701. The highest BCUT2D eigenvalue weighted by Crippen LogP contribution is 2.31. The van der Waals surface area contributed by atoms with Gasteiger partial charge in [-0.05, 0) is 19.1 Å². The molecule has 2 nitrogen and oxygen atoms in total. The first-order valence-corrected chi connectivity index (χ1v) is 4.63. The average molecular weight is 197 g/mol. The van der Waals surface area contributed by atoms with Crippen molar-refractivity contribution in [3.63, 3.8) is 0 Å². The zero-order valence-corrected chi connectivity index (χ0v) is 8.11. The summed E-state index contributed by atoms with van der Waals surface area (Å²) >= 11 is 1.34. The second kappa shape index (κ2) is 2.96. The Hall–Kier alpha value is -1.16. The number of ether oxygens (including phenoxy) is 1. The first-order valence-electron chi connectivity index (χ1n) is 3.82. The lowest BCUT2D eigenvalue weighted by molar-refractivity contribution is 0.418. The molecule has 0 atom stereocenters. The normalized spacial score (nSPS) is 10.7. The van der Waals surface area contributed by atoms with Gasteiger partial charge in [-0.1, -0.05) is 0 Å². The Morgan fingerprint density at radius 3 is 2.92 bits per heavy atom. The Morgan fingerprint density at radius 2 is 2.23 bits per heavy atom. The fourth-order valence-corrected chi connectivity index (χ4v) is 2.06. The highest BCUT2D eigenvalue weighted by molar-refractivity contribution is 7.18. The first-order chi connectivity index (χ1) is 6.22. The van der Waals surface area contributed by atoms with Crippen LogP contribution in [0.1, 0.15) is 5.01 Å². The van der Waals surface area contributed by atoms with Crippen LogP contribution in [-0.4, -0.2) is 12.1 Å². The smallest absolute Gasteiger partial charge is 0.146 e. The van der Waals surface area contributed by atoms with E-state index >= 15 is 0 Å². The molecule has 13 heavy (non-hydrogen) atoms. The second-order valence-corrected chi connectivity index (χ2v) is 3.86. The van der Waals surface area contributed by atoms with Crippen LogP contribution in [0.2, 0.25) is 0 Å². The average Bonchev–Trinajstić information content (AvgIpc) is 2.48. The van der Waals surface area contributed by atoms with E-state index in [-0.39, 0.29) is 5.82 Å². The van der Waals surface area contributed by atoms with Crippen LogP contribution in [0, 0.1) is 12.7 Å². The van der Waals surface area contributed by atoms with Crippen LogP contribution < -0.4 is 4.74 Å². The summed E-state index contributed by atoms with van der Waals surface area (Å²) in [6, 6.07) is 3.00. The number of halogens is 1. The molecule has 2 rings (SSSR count). The molecule has 0 aliphatic heterocycles. The molecule has 4 heteroatoms. The van der Waals surface area contributed by atoms with E-state index in [9.17, 15) is 4.39 Å². The van der Waals surface area contributed by atoms with Gasteiger partial charge in [0.15, 0.2) is 0 Å². The van der Waals surface area contributed by atoms with Gasteiger partial charge in [-0.3, -0.25) is 0 Å². The van der Waals surface area contributed by atoms with Crippen molar-refractivity contribution >= 4 is 21.6 Å². The second-order valence-electron chi connectivity index (χ2n) is 2.66. The fourth-order valence-electron chi connectivity index (χ4n) is 1.22. The highest BCUT2D eigenvalue weighted by atomic mass is 32.1. The molecular weight excluding hydrogens is 189 g/mol. The molecule has 68 valence electrons. The Kier molecular flexibility index (Phi) is 1.92. The molecule has 0 spiro atoms. The molecular formula is C9H8FNOS. The number of benzene rings is 1. The number of methoxy groups -OCH3 is 1. The van der Waals surface area contributed by atoms with Crippen molar-refractivity contribution < 1.29 is 9.13 Å². The predicted octanol–water partition coefficient (Wildman–Crippen LogP) is 2.75. The van der Waals surface area contributed by atoms with E-state index in [2.05, 4.69) is 4.98 Å². The molecule has 0 radical (unpaired) electrons. The number of rotatable bonds is 1.